The topological polar surface area (TPSA) is 173 Å². The van der Waals surface area contributed by atoms with Crippen molar-refractivity contribution in [2.45, 2.75) is 12.8 Å². The molecule has 0 spiro atoms. The molecule has 200 valence electrons. The molecular weight excluding hydrogens is 516 g/mol. The van der Waals surface area contributed by atoms with Crippen molar-refractivity contribution in [1.29, 1.82) is 0 Å². The maximum atomic E-state index is 13.6. The van der Waals surface area contributed by atoms with E-state index in [1.54, 1.807) is 12.1 Å². The van der Waals surface area contributed by atoms with E-state index in [-0.39, 0.29) is 80.6 Å². The van der Waals surface area contributed by atoms with Crippen LogP contribution in [0, 0.1) is 0 Å². The summed E-state index contributed by atoms with van der Waals surface area (Å²) in [7, 11) is 0. The van der Waals surface area contributed by atoms with Crippen LogP contribution in [0.3, 0.4) is 0 Å². The van der Waals surface area contributed by atoms with Crippen LogP contribution in [-0.4, -0.2) is 43.8 Å². The molecule has 0 aromatic heterocycles. The second-order valence-corrected chi connectivity index (χ2v) is 9.19. The summed E-state index contributed by atoms with van der Waals surface area (Å²) in [6.07, 6.45) is -0.667. The summed E-state index contributed by atoms with van der Waals surface area (Å²) in [5, 5.41) is 44.6. The Kier molecular flexibility index (Phi) is 6.66. The Balaban J connectivity index is 1.50. The molecule has 4 aromatic carbocycles. The van der Waals surface area contributed by atoms with Crippen molar-refractivity contribution in [1.82, 2.24) is 0 Å². The normalized spacial score (nSPS) is 11.9. The number of ketones is 2. The first-order valence-corrected chi connectivity index (χ1v) is 12.1. The predicted octanol–water partition coefficient (Wildman–Crippen LogP) is 3.65. The number of aromatic hydroxyl groups is 4. The molecule has 0 heterocycles. The van der Waals surface area contributed by atoms with Gasteiger partial charge in [-0.05, 0) is 48.5 Å². The number of phenolic OH excluding ortho intramolecular Hbond substituents is 4. The summed E-state index contributed by atoms with van der Waals surface area (Å²) >= 11 is 0. The van der Waals surface area contributed by atoms with Crippen LogP contribution in [0.15, 0.2) is 72.8 Å². The van der Waals surface area contributed by atoms with Crippen LogP contribution in [0.25, 0.3) is 0 Å². The smallest absolute Gasteiger partial charge is 0.228 e. The zero-order valence-electron chi connectivity index (χ0n) is 20.8. The molecule has 5 rings (SSSR count). The predicted molar refractivity (Wildman–Crippen MR) is 144 cm³/mol. The Bertz CT molecular complexity index is 1600. The van der Waals surface area contributed by atoms with Gasteiger partial charge in [-0.25, -0.2) is 0 Å². The first-order chi connectivity index (χ1) is 19.1. The molecular formula is C30H22N2O8. The molecule has 0 aliphatic heterocycles. The van der Waals surface area contributed by atoms with Gasteiger partial charge in [0.1, 0.15) is 23.0 Å². The second kappa shape index (κ2) is 10.3. The van der Waals surface area contributed by atoms with E-state index in [0.29, 0.717) is 0 Å². The number of anilines is 2. The molecule has 1 aliphatic rings. The lowest BCUT2D eigenvalue weighted by Gasteiger charge is -2.23. The highest BCUT2D eigenvalue weighted by atomic mass is 16.3. The van der Waals surface area contributed by atoms with Gasteiger partial charge in [0, 0.05) is 22.3 Å². The largest absolute Gasteiger partial charge is 0.508 e. The number of amides is 2. The first kappa shape index (κ1) is 26.0. The third kappa shape index (κ3) is 4.93. The maximum absolute atomic E-state index is 13.6. The average molecular weight is 539 g/mol. The highest BCUT2D eigenvalue weighted by Crippen LogP contribution is 2.37. The van der Waals surface area contributed by atoms with Gasteiger partial charge in [-0.3, -0.25) is 19.2 Å². The summed E-state index contributed by atoms with van der Waals surface area (Å²) < 4.78 is 0. The highest BCUT2D eigenvalue weighted by Gasteiger charge is 2.34. The van der Waals surface area contributed by atoms with Gasteiger partial charge in [-0.1, -0.05) is 24.3 Å². The quantitative estimate of drug-likeness (QED) is 0.178. The summed E-state index contributed by atoms with van der Waals surface area (Å²) in [5.74, 6) is -3.03. The summed E-state index contributed by atoms with van der Waals surface area (Å²) in [6.45, 7) is 0. The van der Waals surface area contributed by atoms with E-state index in [9.17, 15) is 39.6 Å². The zero-order valence-corrected chi connectivity index (χ0v) is 20.8. The summed E-state index contributed by atoms with van der Waals surface area (Å²) in [5.41, 5.74) is 0.387. The Morgan fingerprint density at radius 2 is 0.975 bits per heavy atom. The van der Waals surface area contributed by atoms with Crippen molar-refractivity contribution in [3.05, 3.63) is 106 Å². The van der Waals surface area contributed by atoms with Crippen LogP contribution >= 0.6 is 0 Å². The Morgan fingerprint density at radius 3 is 1.38 bits per heavy atom. The number of phenols is 4. The van der Waals surface area contributed by atoms with E-state index in [0.717, 1.165) is 0 Å². The highest BCUT2D eigenvalue weighted by molar-refractivity contribution is 6.32. The number of rotatable bonds is 6. The fraction of sp³-hybridized carbons (Fsp3) is 0.0667. The minimum Gasteiger partial charge on any atom is -0.508 e. The van der Waals surface area contributed by atoms with E-state index in [1.165, 1.54) is 60.7 Å². The van der Waals surface area contributed by atoms with E-state index < -0.39 is 23.4 Å². The lowest BCUT2D eigenvalue weighted by Crippen LogP contribution is -2.27. The van der Waals surface area contributed by atoms with Gasteiger partial charge < -0.3 is 31.1 Å². The minimum atomic E-state index is -0.627. The molecule has 0 bridgehead atoms. The molecule has 2 amide bonds. The third-order valence-corrected chi connectivity index (χ3v) is 6.45. The van der Waals surface area contributed by atoms with Gasteiger partial charge in [0.05, 0.1) is 35.3 Å². The minimum absolute atomic E-state index is 0.0242. The number of carbonyl (C=O) groups is 4. The van der Waals surface area contributed by atoms with Gasteiger partial charge >= 0.3 is 0 Å². The van der Waals surface area contributed by atoms with Gasteiger partial charge in [-0.2, -0.15) is 0 Å². The van der Waals surface area contributed by atoms with Crippen molar-refractivity contribution >= 4 is 34.8 Å². The molecule has 40 heavy (non-hydrogen) atoms. The van der Waals surface area contributed by atoms with Crippen LogP contribution in [-0.2, 0) is 22.4 Å². The fourth-order valence-electron chi connectivity index (χ4n) is 4.59. The molecule has 0 saturated heterocycles. The number of carbonyl (C=O) groups excluding carboxylic acids is 4. The second-order valence-electron chi connectivity index (χ2n) is 9.19. The molecule has 0 saturated carbocycles. The maximum Gasteiger partial charge on any atom is 0.228 e. The van der Waals surface area contributed by atoms with Crippen molar-refractivity contribution in [2.24, 2.45) is 0 Å². The third-order valence-electron chi connectivity index (χ3n) is 6.45. The molecule has 0 unspecified atom stereocenters. The monoisotopic (exact) mass is 538 g/mol. The molecule has 10 nitrogen and oxygen atoms in total. The number of fused-ring (bicyclic) bond motifs is 2. The first-order valence-electron chi connectivity index (χ1n) is 12.1. The molecule has 0 atom stereocenters. The van der Waals surface area contributed by atoms with Crippen molar-refractivity contribution in [2.75, 3.05) is 10.6 Å². The fourth-order valence-corrected chi connectivity index (χ4v) is 4.59. The van der Waals surface area contributed by atoms with Gasteiger partial charge in [0.15, 0.2) is 11.6 Å². The van der Waals surface area contributed by atoms with Gasteiger partial charge in [-0.15, -0.1) is 0 Å². The Labute approximate surface area is 227 Å². The molecule has 0 fully saturated rings. The van der Waals surface area contributed by atoms with Crippen LogP contribution < -0.4 is 10.6 Å². The SMILES string of the molecule is O=C(Cc1cc(O)ccc1O)Nc1ccc(NC(=O)Cc2cc(O)ccc2O)c2c1C(=O)c1ccccc1C2=O. The average Bonchev–Trinajstić information content (AvgIpc) is 2.92. The van der Waals surface area contributed by atoms with Gasteiger partial charge in [0.2, 0.25) is 11.8 Å². The lowest BCUT2D eigenvalue weighted by atomic mass is 9.82. The van der Waals surface area contributed by atoms with E-state index in [1.807, 2.05) is 0 Å². The number of benzene rings is 4. The standard InChI is InChI=1S/C30H22N2O8/c33-17-5-9-23(35)15(11-17)13-25(37)31-21-7-8-22(32-26(38)14-16-12-18(34)6-10-24(16)36)28-27(21)29(39)19-3-1-2-4-20(19)30(28)40/h1-12,33-36H,13-14H2,(H,31,37)(H,32,38). The molecule has 6 N–H and O–H groups in total. The molecule has 0 radical (unpaired) electrons. The van der Waals surface area contributed by atoms with Crippen molar-refractivity contribution < 1.29 is 39.6 Å². The van der Waals surface area contributed by atoms with Gasteiger partial charge in [0.25, 0.3) is 0 Å². The number of hydrogen-bond donors (Lipinski definition) is 6. The Morgan fingerprint density at radius 1 is 0.575 bits per heavy atom. The number of nitrogens with one attached hydrogen (secondary N) is 2. The van der Waals surface area contributed by atoms with E-state index >= 15 is 0 Å². The van der Waals surface area contributed by atoms with Crippen LogP contribution in [0.1, 0.15) is 43.0 Å². The van der Waals surface area contributed by atoms with E-state index in [2.05, 4.69) is 10.6 Å². The van der Waals surface area contributed by atoms with Crippen LogP contribution in [0.4, 0.5) is 11.4 Å². The van der Waals surface area contributed by atoms with Crippen molar-refractivity contribution in [3.63, 3.8) is 0 Å². The van der Waals surface area contributed by atoms with Crippen molar-refractivity contribution in [3.8, 4) is 23.0 Å². The molecule has 1 aliphatic carbocycles. The zero-order chi connectivity index (χ0) is 28.6. The molecule has 4 aromatic rings. The summed E-state index contributed by atoms with van der Waals surface area (Å²) in [6, 6.07) is 16.4. The number of hydrogen-bond acceptors (Lipinski definition) is 8. The lowest BCUT2D eigenvalue weighted by molar-refractivity contribution is -0.116. The van der Waals surface area contributed by atoms with Crippen LogP contribution in [0.2, 0.25) is 0 Å². The van der Waals surface area contributed by atoms with Crippen LogP contribution in [0.5, 0.6) is 23.0 Å². The van der Waals surface area contributed by atoms with E-state index in [4.69, 9.17) is 0 Å². The molecule has 10 heteroatoms. The Hall–Kier alpha value is -5.64. The summed E-state index contributed by atoms with van der Waals surface area (Å²) in [4.78, 5) is 52.9.